The molecule has 3 atom stereocenters. The van der Waals surface area contributed by atoms with Crippen LogP contribution in [0.5, 0.6) is 0 Å². The quantitative estimate of drug-likeness (QED) is 0.256. The van der Waals surface area contributed by atoms with Crippen LogP contribution in [0, 0.1) is 12.8 Å². The third-order valence-corrected chi connectivity index (χ3v) is 8.23. The summed E-state index contributed by atoms with van der Waals surface area (Å²) in [5.41, 5.74) is 10.7. The van der Waals surface area contributed by atoms with Gasteiger partial charge in [-0.2, -0.15) is 0 Å². The molecule has 3 aromatic carbocycles. The number of furan rings is 2. The Morgan fingerprint density at radius 2 is 1.67 bits per heavy atom. The van der Waals surface area contributed by atoms with Crippen LogP contribution in [0.4, 0.5) is 0 Å². The van der Waals surface area contributed by atoms with E-state index in [0.717, 1.165) is 28.9 Å². The number of para-hydroxylation sites is 2. The van der Waals surface area contributed by atoms with Crippen molar-refractivity contribution in [3.8, 4) is 0 Å². The van der Waals surface area contributed by atoms with Crippen LogP contribution in [0.3, 0.4) is 0 Å². The Morgan fingerprint density at radius 3 is 2.56 bits per heavy atom. The van der Waals surface area contributed by atoms with Gasteiger partial charge < -0.3 is 8.83 Å². The summed E-state index contributed by atoms with van der Waals surface area (Å²) < 4.78 is 13.1. The molecule has 178 valence electrons. The first-order valence-corrected chi connectivity index (χ1v) is 13.0. The third-order valence-electron chi connectivity index (χ3n) is 8.23. The highest BCUT2D eigenvalue weighted by Gasteiger charge is 2.30. The molecule has 36 heavy (non-hydrogen) atoms. The van der Waals surface area contributed by atoms with Gasteiger partial charge in [0.15, 0.2) is 0 Å². The fourth-order valence-electron chi connectivity index (χ4n) is 6.48. The van der Waals surface area contributed by atoms with Gasteiger partial charge in [-0.05, 0) is 43.9 Å². The summed E-state index contributed by atoms with van der Waals surface area (Å²) in [5, 5.41) is 3.61. The van der Waals surface area contributed by atoms with Crippen molar-refractivity contribution in [2.75, 3.05) is 0 Å². The summed E-state index contributed by atoms with van der Waals surface area (Å²) in [5.74, 6) is 2.05. The monoisotopic (exact) mass is 470 g/mol. The lowest BCUT2D eigenvalue weighted by Gasteiger charge is -2.27. The zero-order valence-corrected chi connectivity index (χ0v) is 21.3. The smallest absolute Gasteiger partial charge is 0.142 e. The van der Waals surface area contributed by atoms with Gasteiger partial charge in [0.25, 0.3) is 0 Å². The molecule has 2 heterocycles. The van der Waals surface area contributed by atoms with Crippen molar-refractivity contribution >= 4 is 44.6 Å². The second-order valence-electron chi connectivity index (χ2n) is 10.8. The number of benzene rings is 3. The summed E-state index contributed by atoms with van der Waals surface area (Å²) in [7, 11) is 0. The van der Waals surface area contributed by atoms with Gasteiger partial charge in [-0.15, -0.1) is 0 Å². The molecule has 2 aliphatic rings. The lowest BCUT2D eigenvalue weighted by molar-refractivity contribution is 0.493. The first kappa shape index (κ1) is 21.5. The van der Waals surface area contributed by atoms with Gasteiger partial charge >= 0.3 is 0 Å². The van der Waals surface area contributed by atoms with E-state index in [1.54, 1.807) is 0 Å². The Bertz CT molecular complexity index is 1770. The molecule has 2 heteroatoms. The van der Waals surface area contributed by atoms with E-state index in [0.29, 0.717) is 5.92 Å². The molecule has 0 spiro atoms. The largest absolute Gasteiger partial charge is 0.460 e. The molecule has 0 aliphatic heterocycles. The van der Waals surface area contributed by atoms with Gasteiger partial charge in [-0.25, -0.2) is 0 Å². The van der Waals surface area contributed by atoms with Crippen molar-refractivity contribution < 1.29 is 8.83 Å². The van der Waals surface area contributed by atoms with Crippen molar-refractivity contribution in [1.29, 1.82) is 0 Å². The van der Waals surface area contributed by atoms with Crippen molar-refractivity contribution in [2.24, 2.45) is 5.92 Å². The molecule has 5 aromatic rings. The van der Waals surface area contributed by atoms with Crippen LogP contribution >= 0.6 is 0 Å². The maximum Gasteiger partial charge on any atom is 0.142 e. The minimum absolute atomic E-state index is 0.226. The predicted octanol–water partition coefficient (Wildman–Crippen LogP) is 9.92. The van der Waals surface area contributed by atoms with E-state index < -0.39 is 0 Å². The summed E-state index contributed by atoms with van der Waals surface area (Å²) in [6.45, 7) is 8.97. The van der Waals surface area contributed by atoms with Crippen LogP contribution in [-0.4, -0.2) is 0 Å². The molecule has 2 nitrogen and oxygen atoms in total. The normalized spacial score (nSPS) is 21.7. The maximum absolute atomic E-state index is 6.63. The molecule has 2 aromatic heterocycles. The topological polar surface area (TPSA) is 26.3 Å². The Labute approximate surface area is 211 Å². The molecule has 0 amide bonds. The summed E-state index contributed by atoms with van der Waals surface area (Å²) in [6, 6.07) is 19.6. The summed E-state index contributed by atoms with van der Waals surface area (Å²) in [4.78, 5) is 0. The first-order valence-electron chi connectivity index (χ1n) is 13.0. The fraction of sp³-hybridized carbons (Fsp3) is 0.235. The van der Waals surface area contributed by atoms with Crippen LogP contribution in [0.2, 0.25) is 0 Å². The van der Waals surface area contributed by atoms with Gasteiger partial charge in [0, 0.05) is 44.7 Å². The molecule has 7 rings (SSSR count). The minimum atomic E-state index is 0.226. The number of fused-ring (bicyclic) bond motifs is 6. The highest BCUT2D eigenvalue weighted by molar-refractivity contribution is 6.08. The van der Waals surface area contributed by atoms with Crippen molar-refractivity contribution in [1.82, 2.24) is 0 Å². The van der Waals surface area contributed by atoms with E-state index in [-0.39, 0.29) is 11.8 Å². The minimum Gasteiger partial charge on any atom is -0.460 e. The van der Waals surface area contributed by atoms with E-state index >= 15 is 0 Å². The standard InChI is InChI=1S/C34H30O2/c1-19-14-15-31-29(17-19)27-12-6-10-25(33(27)35-31)23-8-5-9-24(22(23)4)26-11-7-13-28-30-18-20(2)16-21(3)32(30)36-34(26)28/h5-15,17-18,21-22,24H,16H2,1-4H3. The Morgan fingerprint density at radius 1 is 0.833 bits per heavy atom. The molecule has 0 saturated heterocycles. The molecule has 3 unspecified atom stereocenters. The van der Waals surface area contributed by atoms with E-state index in [4.69, 9.17) is 8.83 Å². The van der Waals surface area contributed by atoms with Crippen molar-refractivity contribution in [2.45, 2.75) is 46.0 Å². The van der Waals surface area contributed by atoms with Crippen molar-refractivity contribution in [3.63, 3.8) is 0 Å². The van der Waals surface area contributed by atoms with Crippen LogP contribution in [0.25, 0.3) is 44.6 Å². The number of hydrogen-bond acceptors (Lipinski definition) is 2. The Hall–Kier alpha value is -3.78. The van der Waals surface area contributed by atoms with E-state index in [1.165, 1.54) is 49.6 Å². The van der Waals surface area contributed by atoms with Crippen LogP contribution in [-0.2, 0) is 0 Å². The second kappa shape index (κ2) is 7.86. The lowest BCUT2D eigenvalue weighted by Crippen LogP contribution is -2.13. The second-order valence-corrected chi connectivity index (χ2v) is 10.8. The van der Waals surface area contributed by atoms with Crippen LogP contribution < -0.4 is 0 Å². The summed E-state index contributed by atoms with van der Waals surface area (Å²) in [6.07, 6.45) is 10.2. The molecule has 0 saturated carbocycles. The molecule has 0 fully saturated rings. The lowest BCUT2D eigenvalue weighted by atomic mass is 9.76. The van der Waals surface area contributed by atoms with Crippen molar-refractivity contribution in [3.05, 3.63) is 106 Å². The highest BCUT2D eigenvalue weighted by atomic mass is 16.3. The van der Waals surface area contributed by atoms with E-state index in [1.807, 2.05) is 0 Å². The average Bonchev–Trinajstić information content (AvgIpc) is 3.43. The predicted molar refractivity (Wildman–Crippen MR) is 150 cm³/mol. The SMILES string of the molecule is CC1=Cc2c(oc3c(C4C=CC=C(c5cccc6c5oc5ccc(C)cc56)C4C)cccc23)C(C)C1. The Balaban J connectivity index is 1.35. The number of allylic oxidation sites excluding steroid dienone is 5. The number of aryl methyl sites for hydroxylation is 1. The highest BCUT2D eigenvalue weighted by Crippen LogP contribution is 2.47. The van der Waals surface area contributed by atoms with E-state index in [9.17, 15) is 0 Å². The molecule has 0 bridgehead atoms. The number of hydrogen-bond donors (Lipinski definition) is 0. The molecule has 2 aliphatic carbocycles. The van der Waals surface area contributed by atoms with Crippen LogP contribution in [0.1, 0.15) is 67.0 Å². The maximum atomic E-state index is 6.63. The molecular weight excluding hydrogens is 440 g/mol. The van der Waals surface area contributed by atoms with Gasteiger partial charge in [0.05, 0.1) is 0 Å². The van der Waals surface area contributed by atoms with E-state index in [2.05, 4.69) is 107 Å². The first-order chi connectivity index (χ1) is 17.5. The fourth-order valence-corrected chi connectivity index (χ4v) is 6.48. The Kier molecular flexibility index (Phi) is 4.70. The zero-order valence-electron chi connectivity index (χ0n) is 21.3. The van der Waals surface area contributed by atoms with Crippen LogP contribution in [0.15, 0.2) is 87.2 Å². The number of rotatable bonds is 2. The average molecular weight is 471 g/mol. The molecule has 0 radical (unpaired) electrons. The van der Waals surface area contributed by atoms with Gasteiger partial charge in [-0.1, -0.05) is 91.8 Å². The summed E-state index contributed by atoms with van der Waals surface area (Å²) >= 11 is 0. The van der Waals surface area contributed by atoms with Gasteiger partial charge in [0.2, 0.25) is 0 Å². The molecule has 0 N–H and O–H groups in total. The van der Waals surface area contributed by atoms with Gasteiger partial charge in [0.1, 0.15) is 22.5 Å². The zero-order chi connectivity index (χ0) is 24.6. The third kappa shape index (κ3) is 3.10. The molecular formula is C34H30O2. The van der Waals surface area contributed by atoms with Gasteiger partial charge in [-0.3, -0.25) is 0 Å².